The van der Waals surface area contributed by atoms with E-state index < -0.39 is 16.1 Å². The van der Waals surface area contributed by atoms with Crippen molar-refractivity contribution in [2.45, 2.75) is 31.3 Å². The summed E-state index contributed by atoms with van der Waals surface area (Å²) in [5, 5.41) is 13.9. The molecule has 0 bridgehead atoms. The predicted molar refractivity (Wildman–Crippen MR) is 145 cm³/mol. The number of fused-ring (bicyclic) bond motifs is 1. The molecule has 194 valence electrons. The molecular formula is C26H29ClN6O3S. The van der Waals surface area contributed by atoms with Crippen LogP contribution in [0.25, 0.3) is 10.8 Å². The van der Waals surface area contributed by atoms with Crippen molar-refractivity contribution in [3.05, 3.63) is 71.5 Å². The molecule has 11 heteroatoms. The Bertz CT molecular complexity index is 1520. The van der Waals surface area contributed by atoms with Gasteiger partial charge in [-0.15, -0.1) is 5.10 Å². The second kappa shape index (κ2) is 10.7. The number of hydrogen-bond donors (Lipinski definition) is 2. The Kier molecular flexibility index (Phi) is 7.34. The van der Waals surface area contributed by atoms with Crippen molar-refractivity contribution in [3.63, 3.8) is 0 Å². The van der Waals surface area contributed by atoms with E-state index in [0.29, 0.717) is 29.2 Å². The lowest BCUT2D eigenvalue weighted by Gasteiger charge is -2.29. The third-order valence-electron chi connectivity index (χ3n) is 6.40. The number of sulfonamides is 1. The van der Waals surface area contributed by atoms with Gasteiger partial charge in [0.25, 0.3) is 0 Å². The summed E-state index contributed by atoms with van der Waals surface area (Å²) in [6.07, 6.45) is 0. The van der Waals surface area contributed by atoms with Gasteiger partial charge in [0.15, 0.2) is 5.82 Å². The number of anilines is 1. The molecule has 1 aliphatic rings. The van der Waals surface area contributed by atoms with Crippen molar-refractivity contribution in [2.75, 3.05) is 31.1 Å². The largest absolute Gasteiger partial charge is 0.424 e. The van der Waals surface area contributed by atoms with Gasteiger partial charge in [-0.2, -0.15) is 0 Å². The molecule has 1 aromatic heterocycles. The summed E-state index contributed by atoms with van der Waals surface area (Å²) >= 11 is 6.23. The third kappa shape index (κ3) is 5.42. The third-order valence-corrected chi connectivity index (χ3v) is 8.27. The lowest BCUT2D eigenvalue weighted by atomic mass is 10.1. The molecular weight excluding hydrogens is 512 g/mol. The molecule has 9 nitrogen and oxygen atoms in total. The van der Waals surface area contributed by atoms with E-state index in [1.165, 1.54) is 0 Å². The first-order chi connectivity index (χ1) is 17.9. The smallest absolute Gasteiger partial charge is 0.322 e. The van der Waals surface area contributed by atoms with Gasteiger partial charge in [-0.05, 0) is 49.6 Å². The van der Waals surface area contributed by atoms with Crippen molar-refractivity contribution in [1.82, 2.24) is 24.8 Å². The highest BCUT2D eigenvalue weighted by atomic mass is 35.5. The molecule has 1 aliphatic heterocycles. The minimum Gasteiger partial charge on any atom is -0.424 e. The second-order valence-electron chi connectivity index (χ2n) is 8.89. The predicted octanol–water partition coefficient (Wildman–Crippen LogP) is 4.35. The topological polar surface area (TPSA) is 101 Å². The number of halogens is 1. The number of hydrogen-bond acceptors (Lipinski definition) is 7. The first-order valence-electron chi connectivity index (χ1n) is 12.2. The Morgan fingerprint density at radius 2 is 1.86 bits per heavy atom. The number of nitrogens with zero attached hydrogens (tertiary/aromatic N) is 4. The van der Waals surface area contributed by atoms with E-state index in [2.05, 4.69) is 31.2 Å². The highest BCUT2D eigenvalue weighted by molar-refractivity contribution is 7.89. The quantitative estimate of drug-likeness (QED) is 0.342. The number of aromatic nitrogens is 3. The van der Waals surface area contributed by atoms with Gasteiger partial charge in [0.05, 0.1) is 10.9 Å². The minimum atomic E-state index is -3.83. The lowest BCUT2D eigenvalue weighted by molar-refractivity contribution is 0.407. The minimum absolute atomic E-state index is 0.151. The van der Waals surface area contributed by atoms with Crippen molar-refractivity contribution < 1.29 is 13.2 Å². The van der Waals surface area contributed by atoms with E-state index in [0.717, 1.165) is 42.6 Å². The summed E-state index contributed by atoms with van der Waals surface area (Å²) in [6, 6.07) is 17.8. The molecule has 4 aromatic rings. The van der Waals surface area contributed by atoms with Crippen LogP contribution in [0.15, 0.2) is 65.6 Å². The van der Waals surface area contributed by atoms with Crippen molar-refractivity contribution in [3.8, 4) is 11.8 Å². The van der Waals surface area contributed by atoms with Gasteiger partial charge in [0.2, 0.25) is 10.0 Å². The van der Waals surface area contributed by atoms with Crippen LogP contribution in [-0.4, -0.2) is 49.4 Å². The Labute approximate surface area is 221 Å². The maximum Gasteiger partial charge on any atom is 0.322 e. The van der Waals surface area contributed by atoms with Crippen molar-refractivity contribution in [1.29, 1.82) is 0 Å². The SMILES string of the molecule is CCn1c(Oc2cccc(N3CCNCC3)c2)nnc1[C@@H](C)NS(=O)(=O)c1ccc2c(Cl)cccc2c1. The van der Waals surface area contributed by atoms with Crippen LogP contribution >= 0.6 is 11.6 Å². The van der Waals surface area contributed by atoms with Crippen LogP contribution in [0.4, 0.5) is 5.69 Å². The Morgan fingerprint density at radius 1 is 1.08 bits per heavy atom. The van der Waals surface area contributed by atoms with Gasteiger partial charge in [0, 0.05) is 54.9 Å². The summed E-state index contributed by atoms with van der Waals surface area (Å²) in [6.45, 7) is 7.93. The normalized spacial score (nSPS) is 15.2. The first kappa shape index (κ1) is 25.5. The summed E-state index contributed by atoms with van der Waals surface area (Å²) in [5.41, 5.74) is 1.08. The average molecular weight is 541 g/mol. The molecule has 2 heterocycles. The van der Waals surface area contributed by atoms with Crippen molar-refractivity contribution >= 4 is 38.1 Å². The molecule has 0 saturated carbocycles. The fourth-order valence-electron chi connectivity index (χ4n) is 4.51. The first-order valence-corrected chi connectivity index (χ1v) is 14.1. The monoisotopic (exact) mass is 540 g/mol. The summed E-state index contributed by atoms with van der Waals surface area (Å²) in [5.74, 6) is 1.11. The fourth-order valence-corrected chi connectivity index (χ4v) is 5.99. The molecule has 0 amide bonds. The summed E-state index contributed by atoms with van der Waals surface area (Å²) in [7, 11) is -3.83. The summed E-state index contributed by atoms with van der Waals surface area (Å²) in [4.78, 5) is 2.45. The molecule has 1 atom stereocenters. The molecule has 3 aromatic carbocycles. The van der Waals surface area contributed by atoms with Crippen LogP contribution in [0.3, 0.4) is 0 Å². The molecule has 37 heavy (non-hydrogen) atoms. The van der Waals surface area contributed by atoms with E-state index in [-0.39, 0.29) is 4.90 Å². The standard InChI is InChI=1S/C26H29ClN6O3S/c1-3-33-25(18(2)31-37(34,35)22-10-11-23-19(16-22)6-4-9-24(23)27)29-30-26(33)36-21-8-5-7-20(17-21)32-14-12-28-13-15-32/h4-11,16-18,28,31H,3,12-15H2,1-2H3/t18-/m1/s1. The fraction of sp³-hybridized carbons (Fsp3) is 0.308. The highest BCUT2D eigenvalue weighted by Gasteiger charge is 2.24. The number of benzene rings is 3. The van der Waals surface area contributed by atoms with Crippen LogP contribution in [0.1, 0.15) is 25.7 Å². The molecule has 1 saturated heterocycles. The number of ether oxygens (including phenoxy) is 1. The Hall–Kier alpha value is -3.18. The van der Waals surface area contributed by atoms with Gasteiger partial charge in [-0.3, -0.25) is 4.57 Å². The van der Waals surface area contributed by atoms with E-state index in [4.69, 9.17) is 16.3 Å². The van der Waals surface area contributed by atoms with Gasteiger partial charge < -0.3 is 15.0 Å². The Morgan fingerprint density at radius 3 is 2.65 bits per heavy atom. The van der Waals surface area contributed by atoms with E-state index >= 15 is 0 Å². The van der Waals surface area contributed by atoms with E-state index in [1.807, 2.05) is 31.2 Å². The van der Waals surface area contributed by atoms with Gasteiger partial charge in [-0.25, -0.2) is 13.1 Å². The number of nitrogens with one attached hydrogen (secondary N) is 2. The van der Waals surface area contributed by atoms with Gasteiger partial charge >= 0.3 is 6.01 Å². The highest BCUT2D eigenvalue weighted by Crippen LogP contribution is 2.29. The summed E-state index contributed by atoms with van der Waals surface area (Å²) < 4.78 is 37.0. The lowest BCUT2D eigenvalue weighted by Crippen LogP contribution is -2.43. The van der Waals surface area contributed by atoms with Crippen LogP contribution in [0.5, 0.6) is 11.8 Å². The number of piperazine rings is 1. The van der Waals surface area contributed by atoms with Crippen LogP contribution in [0, 0.1) is 0 Å². The molecule has 0 aliphatic carbocycles. The van der Waals surface area contributed by atoms with Crippen molar-refractivity contribution in [2.24, 2.45) is 0 Å². The van der Waals surface area contributed by atoms with Gasteiger partial charge in [-0.1, -0.05) is 41.0 Å². The molecule has 0 spiro atoms. The van der Waals surface area contributed by atoms with Crippen LogP contribution < -0.4 is 19.7 Å². The van der Waals surface area contributed by atoms with E-state index in [9.17, 15) is 8.42 Å². The van der Waals surface area contributed by atoms with E-state index in [1.54, 1.807) is 41.8 Å². The Balaban J connectivity index is 1.35. The maximum absolute atomic E-state index is 13.2. The molecule has 0 radical (unpaired) electrons. The maximum atomic E-state index is 13.2. The molecule has 0 unspecified atom stereocenters. The van der Waals surface area contributed by atoms with Crippen LogP contribution in [0.2, 0.25) is 5.02 Å². The molecule has 1 fully saturated rings. The number of rotatable bonds is 8. The molecule has 5 rings (SSSR count). The average Bonchev–Trinajstić information content (AvgIpc) is 3.31. The zero-order valence-corrected chi connectivity index (χ0v) is 22.3. The van der Waals surface area contributed by atoms with Crippen LogP contribution in [-0.2, 0) is 16.6 Å². The molecule has 2 N–H and O–H groups in total. The van der Waals surface area contributed by atoms with Gasteiger partial charge in [0.1, 0.15) is 5.75 Å². The zero-order chi connectivity index (χ0) is 26.0. The second-order valence-corrected chi connectivity index (χ2v) is 11.0. The zero-order valence-electron chi connectivity index (χ0n) is 20.7.